The molecule has 0 fully saturated rings. The van der Waals surface area contributed by atoms with E-state index in [1.54, 1.807) is 0 Å². The Balaban J connectivity index is 0.00000169. The molecule has 4 rings (SSSR count). The molecule has 0 spiro atoms. The molecule has 4 aromatic rings. The molecule has 0 saturated heterocycles. The number of para-hydroxylation sites is 1. The van der Waals surface area contributed by atoms with Crippen LogP contribution in [0.2, 0.25) is 0 Å². The summed E-state index contributed by atoms with van der Waals surface area (Å²) < 4.78 is 3.68. The Kier molecular flexibility index (Phi) is 4.99. The van der Waals surface area contributed by atoms with E-state index in [-0.39, 0.29) is 20.1 Å². The molecular formula is C20H15IrN3. The Hall–Kier alpha value is -2.55. The van der Waals surface area contributed by atoms with Gasteiger partial charge < -0.3 is 0 Å². The molecular weight excluding hydrogens is 474 g/mol. The Morgan fingerprint density at radius 1 is 0.833 bits per heavy atom. The maximum Gasteiger partial charge on any atom is 0.162 e. The molecule has 4 heteroatoms. The van der Waals surface area contributed by atoms with Crippen LogP contribution in [0.1, 0.15) is 0 Å². The third-order valence-corrected chi connectivity index (χ3v) is 3.70. The molecule has 1 radical (unpaired) electrons. The van der Waals surface area contributed by atoms with E-state index in [0.717, 1.165) is 16.9 Å². The minimum Gasteiger partial charge on any atom is -0.172 e. The second-order valence-corrected chi connectivity index (χ2v) is 5.24. The third kappa shape index (κ3) is 3.35. The first kappa shape index (κ1) is 16.3. The summed E-state index contributed by atoms with van der Waals surface area (Å²) in [7, 11) is 0. The fraction of sp³-hybridized carbons (Fsp3) is 0. The van der Waals surface area contributed by atoms with Gasteiger partial charge in [-0.25, -0.2) is 0 Å². The maximum atomic E-state index is 4.59. The molecule has 1 aromatic heterocycles. The van der Waals surface area contributed by atoms with Gasteiger partial charge in [0.2, 0.25) is 0 Å². The molecule has 0 atom stereocenters. The van der Waals surface area contributed by atoms with Crippen molar-refractivity contribution < 1.29 is 24.8 Å². The van der Waals surface area contributed by atoms with Gasteiger partial charge in [-0.05, 0) is 17.7 Å². The molecule has 0 aliphatic heterocycles. The van der Waals surface area contributed by atoms with Gasteiger partial charge in [0.1, 0.15) is 0 Å². The Labute approximate surface area is 154 Å². The van der Waals surface area contributed by atoms with Crippen LogP contribution in [0, 0.1) is 6.07 Å². The molecule has 0 aliphatic rings. The van der Waals surface area contributed by atoms with Gasteiger partial charge in [0.25, 0.3) is 0 Å². The van der Waals surface area contributed by atoms with Crippen LogP contribution in [0.4, 0.5) is 0 Å². The van der Waals surface area contributed by atoms with E-state index in [1.807, 2.05) is 76.4 Å². The SMILES string of the molecule is [Ir].[c-]1ccc(-c2ccccc2)cc1-[n+]1ccn(-c2ccccc2)n1. The predicted molar refractivity (Wildman–Crippen MR) is 89.4 cm³/mol. The van der Waals surface area contributed by atoms with Crippen LogP contribution in [0.15, 0.2) is 91.3 Å². The summed E-state index contributed by atoms with van der Waals surface area (Å²) >= 11 is 0. The van der Waals surface area contributed by atoms with Gasteiger partial charge in [-0.3, -0.25) is 0 Å². The summed E-state index contributed by atoms with van der Waals surface area (Å²) in [4.78, 5) is 0. The maximum absolute atomic E-state index is 4.59. The van der Waals surface area contributed by atoms with E-state index in [0.29, 0.717) is 0 Å². The topological polar surface area (TPSA) is 21.7 Å². The molecule has 0 saturated carbocycles. The van der Waals surface area contributed by atoms with Gasteiger partial charge in [0.15, 0.2) is 18.1 Å². The van der Waals surface area contributed by atoms with Crippen molar-refractivity contribution in [2.45, 2.75) is 0 Å². The monoisotopic (exact) mass is 490 g/mol. The van der Waals surface area contributed by atoms with Crippen LogP contribution >= 0.6 is 0 Å². The summed E-state index contributed by atoms with van der Waals surface area (Å²) in [5.74, 6) is 0. The molecule has 0 amide bonds. The Morgan fingerprint density at radius 2 is 1.54 bits per heavy atom. The van der Waals surface area contributed by atoms with Crippen LogP contribution in [-0.2, 0) is 20.1 Å². The van der Waals surface area contributed by atoms with Crippen molar-refractivity contribution in [3.8, 4) is 22.5 Å². The molecule has 1 heterocycles. The van der Waals surface area contributed by atoms with Gasteiger partial charge in [-0.15, -0.1) is 27.1 Å². The number of hydrogen-bond donors (Lipinski definition) is 0. The molecule has 0 bridgehead atoms. The average molecular weight is 490 g/mol. The standard InChI is InChI=1S/C20H15N3.Ir/c1-3-8-17(9-4-1)18-10-7-13-20(16-18)23-15-14-22(21-23)19-11-5-2-6-12-19;/h1-12,14-16H;. The van der Waals surface area contributed by atoms with Crippen LogP contribution in [0.25, 0.3) is 22.5 Å². The third-order valence-electron chi connectivity index (χ3n) is 3.70. The van der Waals surface area contributed by atoms with Crippen LogP contribution in [0.5, 0.6) is 0 Å². The normalized spacial score (nSPS) is 10.2. The van der Waals surface area contributed by atoms with E-state index >= 15 is 0 Å². The van der Waals surface area contributed by atoms with Crippen molar-refractivity contribution >= 4 is 0 Å². The number of aromatic nitrogens is 3. The second kappa shape index (κ2) is 7.35. The fourth-order valence-corrected chi connectivity index (χ4v) is 2.53. The van der Waals surface area contributed by atoms with Crippen molar-refractivity contribution in [3.05, 3.63) is 97.3 Å². The minimum absolute atomic E-state index is 0. The quantitative estimate of drug-likeness (QED) is 0.318. The summed E-state index contributed by atoms with van der Waals surface area (Å²) in [5, 5.41) is 4.59. The summed E-state index contributed by atoms with van der Waals surface area (Å²) in [6.45, 7) is 0. The van der Waals surface area contributed by atoms with E-state index < -0.39 is 0 Å². The predicted octanol–water partition coefficient (Wildman–Crippen LogP) is 3.61. The van der Waals surface area contributed by atoms with Crippen LogP contribution < -0.4 is 4.68 Å². The molecule has 24 heavy (non-hydrogen) atoms. The number of hydrogen-bond acceptors (Lipinski definition) is 1. The van der Waals surface area contributed by atoms with Crippen molar-refractivity contribution in [2.75, 3.05) is 0 Å². The zero-order valence-electron chi connectivity index (χ0n) is 12.8. The molecule has 0 N–H and O–H groups in total. The summed E-state index contributed by atoms with van der Waals surface area (Å²) in [6, 6.07) is 29.7. The summed E-state index contributed by atoms with van der Waals surface area (Å²) in [5.41, 5.74) is 4.29. The zero-order valence-corrected chi connectivity index (χ0v) is 15.2. The molecule has 0 unspecified atom stereocenters. The van der Waals surface area contributed by atoms with Crippen molar-refractivity contribution in [1.29, 1.82) is 0 Å². The number of rotatable bonds is 3. The van der Waals surface area contributed by atoms with Gasteiger partial charge in [0, 0.05) is 25.8 Å². The molecule has 0 aliphatic carbocycles. The Bertz CT molecular complexity index is 918. The molecule has 3 aromatic carbocycles. The van der Waals surface area contributed by atoms with E-state index in [4.69, 9.17) is 0 Å². The summed E-state index contributed by atoms with van der Waals surface area (Å²) in [6.07, 6.45) is 3.88. The number of benzene rings is 3. The van der Waals surface area contributed by atoms with E-state index in [1.165, 1.54) is 5.56 Å². The van der Waals surface area contributed by atoms with Gasteiger partial charge in [-0.2, -0.15) is 12.1 Å². The first-order valence-corrected chi connectivity index (χ1v) is 7.51. The minimum atomic E-state index is 0. The van der Waals surface area contributed by atoms with Crippen molar-refractivity contribution in [3.63, 3.8) is 0 Å². The first-order chi connectivity index (χ1) is 11.4. The average Bonchev–Trinajstić information content (AvgIpc) is 3.14. The first-order valence-electron chi connectivity index (χ1n) is 7.51. The molecule has 119 valence electrons. The number of nitrogens with zero attached hydrogens (tertiary/aromatic N) is 3. The van der Waals surface area contributed by atoms with Gasteiger partial charge in [0.05, 0.1) is 5.21 Å². The van der Waals surface area contributed by atoms with Gasteiger partial charge in [-0.1, -0.05) is 48.5 Å². The van der Waals surface area contributed by atoms with Crippen LogP contribution in [-0.4, -0.2) is 9.90 Å². The van der Waals surface area contributed by atoms with Crippen molar-refractivity contribution in [1.82, 2.24) is 9.90 Å². The smallest absolute Gasteiger partial charge is 0.162 e. The Morgan fingerprint density at radius 3 is 2.29 bits per heavy atom. The largest absolute Gasteiger partial charge is 0.172 e. The fourth-order valence-electron chi connectivity index (χ4n) is 2.53. The van der Waals surface area contributed by atoms with E-state index in [2.05, 4.69) is 35.5 Å². The van der Waals surface area contributed by atoms with Gasteiger partial charge >= 0.3 is 0 Å². The zero-order chi connectivity index (χ0) is 15.5. The van der Waals surface area contributed by atoms with Crippen LogP contribution in [0.3, 0.4) is 0 Å². The second-order valence-electron chi connectivity index (χ2n) is 5.24. The molecule has 3 nitrogen and oxygen atoms in total. The van der Waals surface area contributed by atoms with Crippen molar-refractivity contribution in [2.24, 2.45) is 0 Å². The van der Waals surface area contributed by atoms with E-state index in [9.17, 15) is 0 Å².